The Kier molecular flexibility index (Phi) is 4.46. The van der Waals surface area contributed by atoms with E-state index in [4.69, 9.17) is 4.74 Å². The molecular formula is C21H18N4O4. The van der Waals surface area contributed by atoms with Crippen LogP contribution in [-0.2, 0) is 0 Å². The Hall–Kier alpha value is -3.81. The number of nitro groups is 1. The van der Waals surface area contributed by atoms with Crippen LogP contribution in [-0.4, -0.2) is 26.5 Å². The number of nitrogens with one attached hydrogen (secondary N) is 1. The van der Waals surface area contributed by atoms with Crippen LogP contribution < -0.4 is 10.1 Å². The van der Waals surface area contributed by atoms with Crippen molar-refractivity contribution in [3.63, 3.8) is 0 Å². The van der Waals surface area contributed by atoms with Gasteiger partial charge in [0.05, 0.1) is 22.6 Å². The van der Waals surface area contributed by atoms with E-state index in [1.54, 1.807) is 36.4 Å². The Morgan fingerprint density at radius 2 is 1.93 bits per heavy atom. The molecule has 0 unspecified atom stereocenters. The van der Waals surface area contributed by atoms with Crippen LogP contribution in [0.5, 0.6) is 5.75 Å². The van der Waals surface area contributed by atoms with Gasteiger partial charge in [-0.05, 0) is 44.2 Å². The molecule has 1 aliphatic heterocycles. The van der Waals surface area contributed by atoms with Crippen LogP contribution in [0.25, 0.3) is 11.3 Å². The SMILES string of the molecule is CC1(C)CC(=O)c2cc(Nc3ccc(-c4cccc([N+](=O)[O-])c4)nn3)ccc2O1. The number of hydrogen-bond acceptors (Lipinski definition) is 7. The third-order valence-corrected chi connectivity index (χ3v) is 4.54. The Labute approximate surface area is 166 Å². The van der Waals surface area contributed by atoms with E-state index in [0.29, 0.717) is 40.5 Å². The summed E-state index contributed by atoms with van der Waals surface area (Å²) in [4.78, 5) is 22.9. The first-order chi connectivity index (χ1) is 13.8. The van der Waals surface area contributed by atoms with Gasteiger partial charge in [-0.15, -0.1) is 10.2 Å². The van der Waals surface area contributed by atoms with Crippen molar-refractivity contribution in [1.82, 2.24) is 10.2 Å². The number of Topliss-reactive ketones (excluding diaryl/α,β-unsaturated/α-hetero) is 1. The second kappa shape index (κ2) is 6.97. The van der Waals surface area contributed by atoms with Crippen LogP contribution >= 0.6 is 0 Å². The van der Waals surface area contributed by atoms with Crippen LogP contribution in [0.4, 0.5) is 17.2 Å². The first-order valence-corrected chi connectivity index (χ1v) is 9.03. The highest BCUT2D eigenvalue weighted by Gasteiger charge is 2.32. The summed E-state index contributed by atoms with van der Waals surface area (Å²) in [5.74, 6) is 1.10. The number of ether oxygens (including phenoxy) is 1. The summed E-state index contributed by atoms with van der Waals surface area (Å²) in [6, 6.07) is 15.0. The van der Waals surface area contributed by atoms with Crippen molar-refractivity contribution in [2.75, 3.05) is 5.32 Å². The molecule has 0 amide bonds. The molecule has 0 aliphatic carbocycles. The van der Waals surface area contributed by atoms with Crippen molar-refractivity contribution in [2.45, 2.75) is 25.9 Å². The van der Waals surface area contributed by atoms with E-state index in [1.807, 2.05) is 19.9 Å². The van der Waals surface area contributed by atoms with Crippen LogP contribution in [0.1, 0.15) is 30.6 Å². The highest BCUT2D eigenvalue weighted by Crippen LogP contribution is 2.35. The smallest absolute Gasteiger partial charge is 0.270 e. The number of non-ortho nitro benzene ring substituents is 1. The number of hydrogen-bond donors (Lipinski definition) is 1. The first kappa shape index (κ1) is 18.5. The first-order valence-electron chi connectivity index (χ1n) is 9.03. The lowest BCUT2D eigenvalue weighted by Gasteiger charge is -2.31. The summed E-state index contributed by atoms with van der Waals surface area (Å²) >= 11 is 0. The van der Waals surface area contributed by atoms with Gasteiger partial charge in [-0.3, -0.25) is 14.9 Å². The number of aromatic nitrogens is 2. The normalized spacial score (nSPS) is 14.6. The molecule has 2 aromatic carbocycles. The molecule has 1 aromatic heterocycles. The summed E-state index contributed by atoms with van der Waals surface area (Å²) in [6.45, 7) is 3.77. The standard InChI is InChI=1S/C21H18N4O4/c1-21(2)12-18(26)16-11-14(6-8-19(16)29-21)22-20-9-7-17(23-24-20)13-4-3-5-15(10-13)25(27)28/h3-11H,12H2,1-2H3,(H,22,24). The molecule has 8 heteroatoms. The molecule has 0 atom stereocenters. The number of nitrogens with zero attached hydrogens (tertiary/aromatic N) is 3. The Bertz CT molecular complexity index is 1110. The van der Waals surface area contributed by atoms with Gasteiger partial charge >= 0.3 is 0 Å². The number of benzene rings is 2. The molecule has 3 aromatic rings. The number of ketones is 1. The summed E-state index contributed by atoms with van der Waals surface area (Å²) in [5, 5.41) is 22.3. The topological polar surface area (TPSA) is 107 Å². The minimum Gasteiger partial charge on any atom is -0.487 e. The number of nitro benzene ring substituents is 1. The molecule has 4 rings (SSSR count). The zero-order chi connectivity index (χ0) is 20.6. The monoisotopic (exact) mass is 390 g/mol. The third kappa shape index (κ3) is 3.91. The highest BCUT2D eigenvalue weighted by molar-refractivity contribution is 6.01. The van der Waals surface area contributed by atoms with Gasteiger partial charge in [0, 0.05) is 23.4 Å². The quantitative estimate of drug-likeness (QED) is 0.515. The summed E-state index contributed by atoms with van der Waals surface area (Å²) in [6.07, 6.45) is 0.321. The lowest BCUT2D eigenvalue weighted by atomic mass is 9.93. The minimum absolute atomic E-state index is 0.00405. The number of fused-ring (bicyclic) bond motifs is 1. The minimum atomic E-state index is -0.507. The maximum Gasteiger partial charge on any atom is 0.270 e. The van der Waals surface area contributed by atoms with Crippen molar-refractivity contribution in [1.29, 1.82) is 0 Å². The van der Waals surface area contributed by atoms with E-state index in [2.05, 4.69) is 15.5 Å². The lowest BCUT2D eigenvalue weighted by molar-refractivity contribution is -0.384. The Morgan fingerprint density at radius 1 is 1.10 bits per heavy atom. The van der Waals surface area contributed by atoms with Crippen LogP contribution in [0.2, 0.25) is 0 Å². The van der Waals surface area contributed by atoms with Crippen LogP contribution in [0, 0.1) is 10.1 Å². The van der Waals surface area contributed by atoms with Gasteiger partial charge in [0.25, 0.3) is 5.69 Å². The van der Waals surface area contributed by atoms with Gasteiger partial charge in [-0.1, -0.05) is 12.1 Å². The van der Waals surface area contributed by atoms with Crippen molar-refractivity contribution < 1.29 is 14.5 Å². The van der Waals surface area contributed by atoms with E-state index in [1.165, 1.54) is 12.1 Å². The number of carbonyl (C=O) groups is 1. The molecule has 146 valence electrons. The fraction of sp³-hybridized carbons (Fsp3) is 0.190. The highest BCUT2D eigenvalue weighted by atomic mass is 16.6. The summed E-state index contributed by atoms with van der Waals surface area (Å²) in [5.41, 5.74) is 1.85. The molecule has 0 radical (unpaired) electrons. The molecule has 2 heterocycles. The third-order valence-electron chi connectivity index (χ3n) is 4.54. The van der Waals surface area contributed by atoms with Crippen LogP contribution in [0.3, 0.4) is 0 Å². The molecule has 1 N–H and O–H groups in total. The van der Waals surface area contributed by atoms with Gasteiger partial charge in [-0.2, -0.15) is 0 Å². The largest absolute Gasteiger partial charge is 0.487 e. The number of rotatable bonds is 4. The van der Waals surface area contributed by atoms with E-state index >= 15 is 0 Å². The van der Waals surface area contributed by atoms with Crippen molar-refractivity contribution >= 4 is 23.0 Å². The number of carbonyl (C=O) groups excluding carboxylic acids is 1. The van der Waals surface area contributed by atoms with E-state index in [-0.39, 0.29) is 11.5 Å². The van der Waals surface area contributed by atoms with E-state index in [0.717, 1.165) is 0 Å². The van der Waals surface area contributed by atoms with E-state index < -0.39 is 10.5 Å². The molecule has 0 fully saturated rings. The fourth-order valence-corrected chi connectivity index (χ4v) is 3.21. The average molecular weight is 390 g/mol. The molecular weight excluding hydrogens is 372 g/mol. The molecule has 0 saturated carbocycles. The maximum absolute atomic E-state index is 12.4. The van der Waals surface area contributed by atoms with E-state index in [9.17, 15) is 14.9 Å². The van der Waals surface area contributed by atoms with Gasteiger partial charge in [0.1, 0.15) is 11.4 Å². The van der Waals surface area contributed by atoms with Crippen molar-refractivity contribution in [3.05, 3.63) is 70.3 Å². The average Bonchev–Trinajstić information content (AvgIpc) is 2.68. The lowest BCUT2D eigenvalue weighted by Crippen LogP contribution is -2.35. The second-order valence-electron chi connectivity index (χ2n) is 7.41. The zero-order valence-electron chi connectivity index (χ0n) is 15.9. The van der Waals surface area contributed by atoms with Crippen molar-refractivity contribution in [2.24, 2.45) is 0 Å². The van der Waals surface area contributed by atoms with Gasteiger partial charge < -0.3 is 10.1 Å². The maximum atomic E-state index is 12.4. The fourth-order valence-electron chi connectivity index (χ4n) is 3.21. The van der Waals surface area contributed by atoms with Gasteiger partial charge in [0.15, 0.2) is 11.6 Å². The predicted molar refractivity (Wildman–Crippen MR) is 108 cm³/mol. The predicted octanol–water partition coefficient (Wildman–Crippen LogP) is 4.54. The molecule has 1 aliphatic rings. The molecule has 8 nitrogen and oxygen atoms in total. The molecule has 29 heavy (non-hydrogen) atoms. The molecule has 0 spiro atoms. The van der Waals surface area contributed by atoms with Crippen molar-refractivity contribution in [3.8, 4) is 17.0 Å². The summed E-state index contributed by atoms with van der Waals surface area (Å²) in [7, 11) is 0. The summed E-state index contributed by atoms with van der Waals surface area (Å²) < 4.78 is 5.86. The Balaban J connectivity index is 1.54. The second-order valence-corrected chi connectivity index (χ2v) is 7.41. The van der Waals surface area contributed by atoms with Gasteiger partial charge in [-0.25, -0.2) is 0 Å². The number of anilines is 2. The van der Waals surface area contributed by atoms with Gasteiger partial charge in [0.2, 0.25) is 0 Å². The molecule has 0 saturated heterocycles. The Morgan fingerprint density at radius 3 is 2.66 bits per heavy atom. The zero-order valence-corrected chi connectivity index (χ0v) is 15.9. The van der Waals surface area contributed by atoms with Crippen LogP contribution in [0.15, 0.2) is 54.6 Å². The molecule has 0 bridgehead atoms.